The molecule has 0 aliphatic carbocycles. The molecule has 19 heavy (non-hydrogen) atoms. The lowest BCUT2D eigenvalue weighted by molar-refractivity contribution is 0.102. The van der Waals surface area contributed by atoms with Gasteiger partial charge in [0.05, 0.1) is 5.69 Å². The molecule has 1 aromatic heterocycles. The molecule has 6 heteroatoms. The maximum atomic E-state index is 13.3. The Kier molecular flexibility index (Phi) is 3.76. The summed E-state index contributed by atoms with van der Waals surface area (Å²) in [6, 6.07) is 6.87. The number of halogens is 3. The minimum absolute atomic E-state index is 0.189. The Bertz CT molecular complexity index is 647. The zero-order chi connectivity index (χ0) is 14.0. The summed E-state index contributed by atoms with van der Waals surface area (Å²) in [6.45, 7) is 1.73. The Morgan fingerprint density at radius 3 is 2.68 bits per heavy atom. The van der Waals surface area contributed by atoms with E-state index in [1.54, 1.807) is 19.1 Å². The van der Waals surface area contributed by atoms with Crippen molar-refractivity contribution < 1.29 is 13.6 Å². The number of rotatable bonds is 2. The van der Waals surface area contributed by atoms with E-state index in [0.29, 0.717) is 16.1 Å². The maximum absolute atomic E-state index is 13.3. The van der Waals surface area contributed by atoms with Gasteiger partial charge in [0.1, 0.15) is 0 Å². The molecule has 3 nitrogen and oxygen atoms in total. The number of nitrogens with zero attached hydrogens (tertiary/aromatic N) is 1. The van der Waals surface area contributed by atoms with Gasteiger partial charge in [-0.3, -0.25) is 4.79 Å². The summed E-state index contributed by atoms with van der Waals surface area (Å²) in [5.74, 6) is -2.56. The Labute approximate surface area is 113 Å². The molecule has 0 unspecified atom stereocenters. The first kappa shape index (κ1) is 13.4. The van der Waals surface area contributed by atoms with Crippen molar-refractivity contribution in [2.75, 3.05) is 5.32 Å². The van der Waals surface area contributed by atoms with Crippen molar-refractivity contribution in [3.63, 3.8) is 0 Å². The van der Waals surface area contributed by atoms with Crippen LogP contribution in [-0.4, -0.2) is 10.9 Å². The number of nitrogens with one attached hydrogen (secondary N) is 1. The minimum atomic E-state index is -1.08. The summed E-state index contributed by atoms with van der Waals surface area (Å²) >= 11 is 5.80. The van der Waals surface area contributed by atoms with E-state index in [1.807, 2.05) is 0 Å². The van der Waals surface area contributed by atoms with Crippen LogP contribution in [0.15, 0.2) is 30.3 Å². The third-order valence-electron chi connectivity index (χ3n) is 2.51. The van der Waals surface area contributed by atoms with Crippen LogP contribution in [0.1, 0.15) is 15.9 Å². The normalized spacial score (nSPS) is 10.3. The first-order valence-corrected chi connectivity index (χ1v) is 5.74. The number of benzene rings is 1. The second-order valence-electron chi connectivity index (χ2n) is 3.89. The zero-order valence-electron chi connectivity index (χ0n) is 9.88. The third-order valence-corrected chi connectivity index (χ3v) is 2.74. The van der Waals surface area contributed by atoms with Gasteiger partial charge in [-0.25, -0.2) is 0 Å². The van der Waals surface area contributed by atoms with Crippen molar-refractivity contribution >= 4 is 23.2 Å². The van der Waals surface area contributed by atoms with Gasteiger partial charge in [0, 0.05) is 10.6 Å². The largest absolute Gasteiger partial charge is 0.318 e. The summed E-state index contributed by atoms with van der Waals surface area (Å²) in [5.41, 5.74) is 0.819. The smallest absolute Gasteiger partial charge is 0.256 e. The van der Waals surface area contributed by atoms with Gasteiger partial charge in [-0.15, -0.1) is 0 Å². The van der Waals surface area contributed by atoms with E-state index >= 15 is 0 Å². The van der Waals surface area contributed by atoms with E-state index in [0.717, 1.165) is 12.1 Å². The highest BCUT2D eigenvalue weighted by atomic mass is 35.5. The number of carbonyl (C=O) groups excluding carboxylic acids is 1. The fraction of sp³-hybridized carbons (Fsp3) is 0.0769. The number of pyridine rings is 1. The fourth-order valence-corrected chi connectivity index (χ4v) is 1.71. The maximum Gasteiger partial charge on any atom is 0.256 e. The lowest BCUT2D eigenvalue weighted by Crippen LogP contribution is -2.15. The van der Waals surface area contributed by atoms with Crippen LogP contribution < -0.4 is 5.32 Å². The lowest BCUT2D eigenvalue weighted by atomic mass is 10.1. The van der Waals surface area contributed by atoms with Crippen LogP contribution in [0.3, 0.4) is 0 Å². The van der Waals surface area contributed by atoms with E-state index in [4.69, 9.17) is 11.6 Å². The van der Waals surface area contributed by atoms with Gasteiger partial charge in [0.2, 0.25) is 11.9 Å². The molecule has 0 aliphatic heterocycles. The van der Waals surface area contributed by atoms with Crippen molar-refractivity contribution in [1.29, 1.82) is 0 Å². The second kappa shape index (κ2) is 5.32. The van der Waals surface area contributed by atoms with Crippen molar-refractivity contribution in [2.45, 2.75) is 6.92 Å². The summed E-state index contributed by atoms with van der Waals surface area (Å²) in [6.07, 6.45) is 0. The van der Waals surface area contributed by atoms with Crippen molar-refractivity contribution in [1.82, 2.24) is 4.98 Å². The summed E-state index contributed by atoms with van der Waals surface area (Å²) < 4.78 is 26.0. The molecule has 98 valence electrons. The van der Waals surface area contributed by atoms with E-state index in [-0.39, 0.29) is 5.69 Å². The van der Waals surface area contributed by atoms with E-state index in [2.05, 4.69) is 10.3 Å². The highest BCUT2D eigenvalue weighted by Gasteiger charge is 2.13. The first-order valence-electron chi connectivity index (χ1n) is 5.37. The van der Waals surface area contributed by atoms with Crippen LogP contribution in [-0.2, 0) is 0 Å². The molecule has 0 fully saturated rings. The van der Waals surface area contributed by atoms with Gasteiger partial charge >= 0.3 is 0 Å². The number of anilines is 1. The highest BCUT2D eigenvalue weighted by Crippen LogP contribution is 2.18. The molecule has 1 N–H and O–H groups in total. The molecule has 1 heterocycles. The number of carbonyl (C=O) groups is 1. The van der Waals surface area contributed by atoms with Gasteiger partial charge in [-0.05, 0) is 36.8 Å². The molecule has 0 atom stereocenters. The SMILES string of the molecule is Cc1ccc(Cl)cc1C(=O)Nc1ccc(F)nc1F. The molecule has 0 aliphatic rings. The molecule has 0 saturated carbocycles. The quantitative estimate of drug-likeness (QED) is 0.856. The highest BCUT2D eigenvalue weighted by molar-refractivity contribution is 6.31. The van der Waals surface area contributed by atoms with Gasteiger partial charge in [0.25, 0.3) is 5.91 Å². The number of hydrogen-bond donors (Lipinski definition) is 1. The molecular weight excluding hydrogens is 274 g/mol. The van der Waals surface area contributed by atoms with Crippen LogP contribution in [0.25, 0.3) is 0 Å². The Morgan fingerprint density at radius 2 is 2.00 bits per heavy atom. The van der Waals surface area contributed by atoms with Gasteiger partial charge < -0.3 is 5.32 Å². The molecule has 1 aromatic carbocycles. The predicted molar refractivity (Wildman–Crippen MR) is 68.3 cm³/mol. The Hall–Kier alpha value is -2.01. The first-order chi connectivity index (χ1) is 8.97. The van der Waals surface area contributed by atoms with Crippen LogP contribution in [0, 0.1) is 18.8 Å². The van der Waals surface area contributed by atoms with E-state index in [1.165, 1.54) is 6.07 Å². The van der Waals surface area contributed by atoms with Gasteiger partial charge in [-0.1, -0.05) is 17.7 Å². The molecular formula is C13H9ClF2N2O. The zero-order valence-corrected chi connectivity index (χ0v) is 10.6. The van der Waals surface area contributed by atoms with Crippen LogP contribution in [0.2, 0.25) is 5.02 Å². The minimum Gasteiger partial charge on any atom is -0.318 e. The fourth-order valence-electron chi connectivity index (χ4n) is 1.53. The monoisotopic (exact) mass is 282 g/mol. The number of amides is 1. The third kappa shape index (κ3) is 3.06. The number of aromatic nitrogens is 1. The molecule has 0 saturated heterocycles. The number of aryl methyl sites for hydroxylation is 1. The molecule has 0 spiro atoms. The number of hydrogen-bond acceptors (Lipinski definition) is 2. The molecule has 0 bridgehead atoms. The average Bonchev–Trinajstić information content (AvgIpc) is 2.35. The van der Waals surface area contributed by atoms with E-state index in [9.17, 15) is 13.6 Å². The van der Waals surface area contributed by atoms with Crippen molar-refractivity contribution in [2.24, 2.45) is 0 Å². The van der Waals surface area contributed by atoms with Crippen LogP contribution in [0.4, 0.5) is 14.5 Å². The van der Waals surface area contributed by atoms with Crippen molar-refractivity contribution in [3.05, 3.63) is 58.4 Å². The predicted octanol–water partition coefficient (Wildman–Crippen LogP) is 3.57. The van der Waals surface area contributed by atoms with Crippen LogP contribution in [0.5, 0.6) is 0 Å². The van der Waals surface area contributed by atoms with Gasteiger partial charge in [0.15, 0.2) is 0 Å². The molecule has 1 amide bonds. The van der Waals surface area contributed by atoms with Crippen LogP contribution >= 0.6 is 11.6 Å². The van der Waals surface area contributed by atoms with Crippen molar-refractivity contribution in [3.8, 4) is 0 Å². The topological polar surface area (TPSA) is 42.0 Å². The standard InChI is InChI=1S/C13H9ClF2N2O/c1-7-2-3-8(14)6-9(7)13(19)17-10-4-5-11(15)18-12(10)16/h2-6H,1H3,(H,17,19). The summed E-state index contributed by atoms with van der Waals surface area (Å²) in [5, 5.41) is 2.72. The second-order valence-corrected chi connectivity index (χ2v) is 4.32. The Balaban J connectivity index is 2.28. The molecule has 0 radical (unpaired) electrons. The molecule has 2 aromatic rings. The average molecular weight is 283 g/mol. The van der Waals surface area contributed by atoms with E-state index < -0.39 is 17.8 Å². The lowest BCUT2D eigenvalue weighted by Gasteiger charge is -2.08. The summed E-state index contributed by atoms with van der Waals surface area (Å²) in [7, 11) is 0. The molecule has 2 rings (SSSR count). The Morgan fingerprint density at radius 1 is 1.26 bits per heavy atom. The summed E-state index contributed by atoms with van der Waals surface area (Å²) in [4.78, 5) is 15.0. The van der Waals surface area contributed by atoms with Gasteiger partial charge in [-0.2, -0.15) is 13.8 Å².